The van der Waals surface area contributed by atoms with Gasteiger partial charge in [0.1, 0.15) is 0 Å². The minimum atomic E-state index is 0.233. The van der Waals surface area contributed by atoms with E-state index in [1.165, 1.54) is 0 Å². The van der Waals surface area contributed by atoms with E-state index in [2.05, 4.69) is 12.2 Å². The zero-order valence-corrected chi connectivity index (χ0v) is 6.48. The zero-order valence-electron chi connectivity index (χ0n) is 6.48. The van der Waals surface area contributed by atoms with Gasteiger partial charge < -0.3 is 10.2 Å². The van der Waals surface area contributed by atoms with Crippen LogP contribution in [0.4, 0.5) is 0 Å². The third-order valence-corrected chi connectivity index (χ3v) is 3.22. The summed E-state index contributed by atoms with van der Waals surface area (Å²) < 4.78 is 0. The summed E-state index contributed by atoms with van der Waals surface area (Å²) in [6.45, 7) is 0.466. The molecule has 0 aromatic carbocycles. The molecule has 0 unspecified atom stereocenters. The summed E-state index contributed by atoms with van der Waals surface area (Å²) in [6.07, 6.45) is 5.53. The molecule has 0 aromatic rings. The minimum absolute atomic E-state index is 0.233. The van der Waals surface area contributed by atoms with Crippen molar-refractivity contribution < 1.29 is 10.2 Å². The number of hydrogen-bond donors (Lipinski definition) is 2. The molecule has 4 atom stereocenters. The molecule has 2 aliphatic carbocycles. The first-order valence-corrected chi connectivity index (χ1v) is 4.27. The number of fused-ring (bicyclic) bond motifs is 2. The summed E-state index contributed by atoms with van der Waals surface area (Å²) >= 11 is 0. The van der Waals surface area contributed by atoms with Crippen LogP contribution in [-0.4, -0.2) is 23.4 Å². The molecule has 2 nitrogen and oxygen atoms in total. The first-order valence-electron chi connectivity index (χ1n) is 4.27. The van der Waals surface area contributed by atoms with Crippen LogP contribution in [0.3, 0.4) is 0 Å². The van der Waals surface area contributed by atoms with Gasteiger partial charge in [-0.1, -0.05) is 12.2 Å². The van der Waals surface area contributed by atoms with E-state index in [0.717, 1.165) is 6.42 Å². The highest BCUT2D eigenvalue weighted by molar-refractivity contribution is 5.13. The molecule has 1 fully saturated rings. The summed E-state index contributed by atoms with van der Waals surface area (Å²) in [4.78, 5) is 0. The molecule has 0 saturated heterocycles. The maximum absolute atomic E-state index is 9.04. The Morgan fingerprint density at radius 3 is 1.82 bits per heavy atom. The summed E-state index contributed by atoms with van der Waals surface area (Å²) in [5, 5.41) is 18.1. The highest BCUT2D eigenvalue weighted by atomic mass is 16.3. The fourth-order valence-corrected chi connectivity index (χ4v) is 2.57. The first kappa shape index (κ1) is 7.32. The molecule has 0 aromatic heterocycles. The Balaban J connectivity index is 2.15. The van der Waals surface area contributed by atoms with Crippen molar-refractivity contribution in [3.05, 3.63) is 12.2 Å². The molecule has 2 heteroatoms. The third kappa shape index (κ3) is 0.932. The van der Waals surface area contributed by atoms with Crippen molar-refractivity contribution in [2.75, 3.05) is 13.2 Å². The Bertz CT molecular complexity index is 158. The summed E-state index contributed by atoms with van der Waals surface area (Å²) in [7, 11) is 0. The quantitative estimate of drug-likeness (QED) is 0.565. The van der Waals surface area contributed by atoms with Gasteiger partial charge in [-0.2, -0.15) is 0 Å². The van der Waals surface area contributed by atoms with E-state index < -0.39 is 0 Å². The van der Waals surface area contributed by atoms with Gasteiger partial charge in [0.25, 0.3) is 0 Å². The molecule has 0 heterocycles. The summed E-state index contributed by atoms with van der Waals surface area (Å²) in [5.74, 6) is 1.74. The molecule has 2 bridgehead atoms. The predicted molar refractivity (Wildman–Crippen MR) is 41.9 cm³/mol. The van der Waals surface area contributed by atoms with Gasteiger partial charge in [0, 0.05) is 13.2 Å². The molecule has 0 radical (unpaired) electrons. The number of rotatable bonds is 2. The largest absolute Gasteiger partial charge is 0.396 e. The second kappa shape index (κ2) is 2.61. The average molecular weight is 154 g/mol. The van der Waals surface area contributed by atoms with E-state index in [0.29, 0.717) is 23.7 Å². The van der Waals surface area contributed by atoms with Crippen LogP contribution < -0.4 is 0 Å². The van der Waals surface area contributed by atoms with Crippen LogP contribution in [0, 0.1) is 23.7 Å². The lowest BCUT2D eigenvalue weighted by atomic mass is 9.84. The lowest BCUT2D eigenvalue weighted by Gasteiger charge is -2.23. The maximum atomic E-state index is 9.04. The Hall–Kier alpha value is -0.340. The van der Waals surface area contributed by atoms with E-state index in [1.807, 2.05) is 0 Å². The average Bonchev–Trinajstić information content (AvgIpc) is 2.60. The number of aliphatic hydroxyl groups excluding tert-OH is 2. The van der Waals surface area contributed by atoms with Crippen LogP contribution in [0.15, 0.2) is 12.2 Å². The Morgan fingerprint density at radius 1 is 1.00 bits per heavy atom. The van der Waals surface area contributed by atoms with Gasteiger partial charge in [0.15, 0.2) is 0 Å². The first-order chi connectivity index (χ1) is 5.36. The van der Waals surface area contributed by atoms with Crippen molar-refractivity contribution in [1.29, 1.82) is 0 Å². The van der Waals surface area contributed by atoms with Gasteiger partial charge in [-0.3, -0.25) is 0 Å². The SMILES string of the molecule is OC[C@@H]1[C@H](CO)[C@H]2C=C[C@H]1C2. The molecule has 2 rings (SSSR count). The summed E-state index contributed by atoms with van der Waals surface area (Å²) in [6, 6.07) is 0. The molecule has 2 N–H and O–H groups in total. The van der Waals surface area contributed by atoms with Gasteiger partial charge in [-0.05, 0) is 30.1 Å². The lowest BCUT2D eigenvalue weighted by Crippen LogP contribution is -2.25. The number of aliphatic hydroxyl groups is 2. The Morgan fingerprint density at radius 2 is 1.45 bits per heavy atom. The molecule has 62 valence electrons. The molecule has 11 heavy (non-hydrogen) atoms. The van der Waals surface area contributed by atoms with Crippen LogP contribution >= 0.6 is 0 Å². The second-order valence-corrected chi connectivity index (χ2v) is 3.64. The van der Waals surface area contributed by atoms with Gasteiger partial charge in [0.2, 0.25) is 0 Å². The molecular formula is C9H14O2. The summed E-state index contributed by atoms with van der Waals surface area (Å²) in [5.41, 5.74) is 0. The van der Waals surface area contributed by atoms with Crippen molar-refractivity contribution in [3.8, 4) is 0 Å². The van der Waals surface area contributed by atoms with Gasteiger partial charge in [0.05, 0.1) is 0 Å². The van der Waals surface area contributed by atoms with E-state index in [-0.39, 0.29) is 13.2 Å². The molecular weight excluding hydrogens is 140 g/mol. The van der Waals surface area contributed by atoms with E-state index in [9.17, 15) is 0 Å². The highest BCUT2D eigenvalue weighted by Crippen LogP contribution is 2.47. The van der Waals surface area contributed by atoms with Crippen molar-refractivity contribution in [2.45, 2.75) is 6.42 Å². The van der Waals surface area contributed by atoms with E-state index in [1.54, 1.807) is 0 Å². The van der Waals surface area contributed by atoms with Crippen LogP contribution in [0.2, 0.25) is 0 Å². The molecule has 0 spiro atoms. The van der Waals surface area contributed by atoms with Crippen molar-refractivity contribution in [3.63, 3.8) is 0 Å². The van der Waals surface area contributed by atoms with Gasteiger partial charge in [-0.25, -0.2) is 0 Å². The van der Waals surface area contributed by atoms with Crippen LogP contribution in [0.5, 0.6) is 0 Å². The van der Waals surface area contributed by atoms with Gasteiger partial charge in [-0.15, -0.1) is 0 Å². The zero-order chi connectivity index (χ0) is 7.84. The Labute approximate surface area is 66.5 Å². The Kier molecular flexibility index (Phi) is 1.74. The van der Waals surface area contributed by atoms with Crippen LogP contribution in [-0.2, 0) is 0 Å². The normalized spacial score (nSPS) is 47.1. The van der Waals surface area contributed by atoms with E-state index >= 15 is 0 Å². The van der Waals surface area contributed by atoms with Crippen LogP contribution in [0.25, 0.3) is 0 Å². The fourth-order valence-electron chi connectivity index (χ4n) is 2.57. The number of allylic oxidation sites excluding steroid dienone is 2. The van der Waals surface area contributed by atoms with Crippen molar-refractivity contribution in [1.82, 2.24) is 0 Å². The topological polar surface area (TPSA) is 40.5 Å². The molecule has 1 saturated carbocycles. The minimum Gasteiger partial charge on any atom is -0.396 e. The molecule has 0 amide bonds. The van der Waals surface area contributed by atoms with Crippen LogP contribution in [0.1, 0.15) is 6.42 Å². The molecule has 0 aliphatic heterocycles. The number of hydrogen-bond acceptors (Lipinski definition) is 2. The fraction of sp³-hybridized carbons (Fsp3) is 0.778. The molecule has 2 aliphatic rings. The van der Waals surface area contributed by atoms with E-state index in [4.69, 9.17) is 10.2 Å². The third-order valence-electron chi connectivity index (χ3n) is 3.22. The smallest absolute Gasteiger partial charge is 0.0468 e. The maximum Gasteiger partial charge on any atom is 0.0468 e. The standard InChI is InChI=1S/C9H14O2/c10-4-8-6-1-2-7(3-6)9(8)5-11/h1-2,6-11H,3-5H2/t6-,7-,8-,9+/m0/s1. The lowest BCUT2D eigenvalue weighted by molar-refractivity contribution is 0.112. The van der Waals surface area contributed by atoms with Crippen molar-refractivity contribution >= 4 is 0 Å². The second-order valence-electron chi connectivity index (χ2n) is 3.64. The monoisotopic (exact) mass is 154 g/mol. The van der Waals surface area contributed by atoms with Gasteiger partial charge >= 0.3 is 0 Å². The predicted octanol–water partition coefficient (Wildman–Crippen LogP) is 0.409. The highest BCUT2D eigenvalue weighted by Gasteiger charge is 2.43. The van der Waals surface area contributed by atoms with Crippen molar-refractivity contribution in [2.24, 2.45) is 23.7 Å².